The molecule has 4 fully saturated rings. The van der Waals surface area contributed by atoms with Crippen LogP contribution in [-0.4, -0.2) is 16.9 Å². The Kier molecular flexibility index (Phi) is 5.38. The molecule has 0 aromatic heterocycles. The molecule has 5 aliphatic rings. The van der Waals surface area contributed by atoms with Gasteiger partial charge in [0.25, 0.3) is 0 Å². The normalized spacial score (nSPS) is 49.4. The van der Waals surface area contributed by atoms with Gasteiger partial charge in [0.2, 0.25) is 0 Å². The number of ketones is 1. The van der Waals surface area contributed by atoms with E-state index >= 15 is 0 Å². The van der Waals surface area contributed by atoms with E-state index in [0.717, 1.165) is 56.4 Å². The van der Waals surface area contributed by atoms with Crippen molar-refractivity contribution in [2.45, 2.75) is 106 Å². The second-order valence-electron chi connectivity index (χ2n) is 14.9. The van der Waals surface area contributed by atoms with Crippen LogP contribution in [0.4, 0.5) is 0 Å². The SMILES string of the molecule is CC1(C)CC2C3=C(Cl)CC4C5(C)CCC(=O)C(C)(C)C5CCC4(C)C3(C)CCC2[C@H](C(=O)O)C1. The zero-order valence-corrected chi connectivity index (χ0v) is 23.1. The Morgan fingerprint density at radius 3 is 2.26 bits per heavy atom. The summed E-state index contributed by atoms with van der Waals surface area (Å²) in [7, 11) is 0. The average molecular weight is 489 g/mol. The lowest BCUT2D eigenvalue weighted by molar-refractivity contribution is -0.183. The van der Waals surface area contributed by atoms with E-state index in [1.807, 2.05) is 0 Å². The third kappa shape index (κ3) is 3.07. The van der Waals surface area contributed by atoms with Crippen LogP contribution < -0.4 is 0 Å². The van der Waals surface area contributed by atoms with Crippen molar-refractivity contribution in [2.75, 3.05) is 0 Å². The van der Waals surface area contributed by atoms with E-state index in [1.54, 1.807) is 0 Å². The smallest absolute Gasteiger partial charge is 0.306 e. The molecular formula is C30H45ClO3. The van der Waals surface area contributed by atoms with Gasteiger partial charge < -0.3 is 5.11 Å². The van der Waals surface area contributed by atoms with Crippen molar-refractivity contribution >= 4 is 23.4 Å². The molecule has 0 saturated heterocycles. The Morgan fingerprint density at radius 1 is 0.941 bits per heavy atom. The van der Waals surface area contributed by atoms with Crippen molar-refractivity contribution < 1.29 is 14.7 Å². The van der Waals surface area contributed by atoms with E-state index in [1.165, 1.54) is 5.57 Å². The Bertz CT molecular complexity index is 962. The fraction of sp³-hybridized carbons (Fsp3) is 0.867. The molecule has 4 heteroatoms. The molecule has 0 bridgehead atoms. The topological polar surface area (TPSA) is 54.4 Å². The lowest BCUT2D eigenvalue weighted by Crippen LogP contribution is -2.64. The summed E-state index contributed by atoms with van der Waals surface area (Å²) >= 11 is 7.36. The van der Waals surface area contributed by atoms with Gasteiger partial charge in [-0.05, 0) is 102 Å². The zero-order valence-electron chi connectivity index (χ0n) is 22.4. The second kappa shape index (κ2) is 7.36. The number of hydrogen-bond acceptors (Lipinski definition) is 2. The van der Waals surface area contributed by atoms with Crippen LogP contribution in [0.2, 0.25) is 0 Å². The van der Waals surface area contributed by atoms with Crippen LogP contribution in [0.5, 0.6) is 0 Å². The van der Waals surface area contributed by atoms with Crippen LogP contribution in [0.1, 0.15) is 106 Å². The molecule has 190 valence electrons. The number of carboxylic acids is 1. The monoisotopic (exact) mass is 488 g/mol. The fourth-order valence-electron chi connectivity index (χ4n) is 10.7. The van der Waals surface area contributed by atoms with Gasteiger partial charge >= 0.3 is 5.97 Å². The van der Waals surface area contributed by atoms with Crippen LogP contribution >= 0.6 is 11.6 Å². The van der Waals surface area contributed by atoms with Gasteiger partial charge in [-0.1, -0.05) is 60.1 Å². The van der Waals surface area contributed by atoms with Gasteiger partial charge in [-0.2, -0.15) is 0 Å². The lowest BCUT2D eigenvalue weighted by Gasteiger charge is -2.70. The predicted octanol–water partition coefficient (Wildman–Crippen LogP) is 7.86. The maximum atomic E-state index is 12.9. The highest BCUT2D eigenvalue weighted by Crippen LogP contribution is 2.75. The number of allylic oxidation sites excluding steroid dienone is 2. The van der Waals surface area contributed by atoms with E-state index in [-0.39, 0.29) is 44.8 Å². The maximum Gasteiger partial charge on any atom is 0.306 e. The number of fused-ring (bicyclic) bond motifs is 7. The van der Waals surface area contributed by atoms with Gasteiger partial charge in [-0.25, -0.2) is 0 Å². The Morgan fingerprint density at radius 2 is 1.62 bits per heavy atom. The molecule has 0 aliphatic heterocycles. The molecule has 8 atom stereocenters. The van der Waals surface area contributed by atoms with E-state index in [4.69, 9.17) is 11.6 Å². The van der Waals surface area contributed by atoms with Crippen molar-refractivity contribution in [3.05, 3.63) is 10.6 Å². The van der Waals surface area contributed by atoms with E-state index < -0.39 is 5.97 Å². The van der Waals surface area contributed by atoms with Crippen LogP contribution in [0, 0.1) is 56.7 Å². The fourth-order valence-corrected chi connectivity index (χ4v) is 11.2. The number of Topliss-reactive ketones (excluding diaryl/α,β-unsaturated/α-hetero) is 1. The maximum absolute atomic E-state index is 12.9. The van der Waals surface area contributed by atoms with Crippen molar-refractivity contribution in [3.8, 4) is 0 Å². The number of halogens is 1. The number of rotatable bonds is 1. The number of carbonyl (C=O) groups is 2. The molecule has 7 unspecified atom stereocenters. The first-order chi connectivity index (χ1) is 15.6. The van der Waals surface area contributed by atoms with E-state index in [0.29, 0.717) is 24.0 Å². The summed E-state index contributed by atoms with van der Waals surface area (Å²) in [6.07, 6.45) is 8.68. The third-order valence-electron chi connectivity index (χ3n) is 12.6. The molecule has 3 nitrogen and oxygen atoms in total. The standard InChI is InChI=1S/C30H45ClO3/c1-26(2)15-18-17(19(16-26)25(33)34)8-12-30(7)24(18)20(31)14-22-28(5)11-10-23(32)27(3,4)21(28)9-13-29(22,30)6/h17-19,21-22H,8-16H2,1-7H3,(H,33,34)/t17?,18?,19-,21?,22?,28?,29?,30?/m1/s1. The van der Waals surface area contributed by atoms with Gasteiger partial charge in [-0.3, -0.25) is 9.59 Å². The second-order valence-corrected chi connectivity index (χ2v) is 15.3. The summed E-state index contributed by atoms with van der Waals surface area (Å²) < 4.78 is 0. The minimum absolute atomic E-state index is 0.00419. The van der Waals surface area contributed by atoms with Gasteiger partial charge in [0.05, 0.1) is 5.92 Å². The Hall–Kier alpha value is -0.830. The van der Waals surface area contributed by atoms with Crippen molar-refractivity contribution in [2.24, 2.45) is 56.7 Å². The first-order valence-corrected chi connectivity index (χ1v) is 14.1. The first kappa shape index (κ1) is 24.8. The largest absolute Gasteiger partial charge is 0.481 e. The third-order valence-corrected chi connectivity index (χ3v) is 12.9. The molecule has 0 radical (unpaired) electrons. The van der Waals surface area contributed by atoms with Crippen LogP contribution in [0.3, 0.4) is 0 Å². The van der Waals surface area contributed by atoms with Crippen LogP contribution in [-0.2, 0) is 9.59 Å². The van der Waals surface area contributed by atoms with Crippen LogP contribution in [0.15, 0.2) is 10.6 Å². The molecule has 5 rings (SSSR count). The highest BCUT2D eigenvalue weighted by molar-refractivity contribution is 6.30. The van der Waals surface area contributed by atoms with Gasteiger partial charge in [0, 0.05) is 16.9 Å². The molecule has 0 amide bonds. The van der Waals surface area contributed by atoms with Crippen molar-refractivity contribution in [1.29, 1.82) is 0 Å². The molecule has 5 aliphatic carbocycles. The number of carbonyl (C=O) groups excluding carboxylic acids is 1. The summed E-state index contributed by atoms with van der Waals surface area (Å²) in [6, 6.07) is 0. The van der Waals surface area contributed by atoms with Gasteiger partial charge in [-0.15, -0.1) is 0 Å². The predicted molar refractivity (Wildman–Crippen MR) is 136 cm³/mol. The highest BCUT2D eigenvalue weighted by Gasteiger charge is 2.68. The van der Waals surface area contributed by atoms with E-state index in [2.05, 4.69) is 48.5 Å². The van der Waals surface area contributed by atoms with Crippen molar-refractivity contribution in [3.63, 3.8) is 0 Å². The molecule has 0 heterocycles. The average Bonchev–Trinajstić information content (AvgIpc) is 2.71. The molecule has 0 aromatic carbocycles. The number of carboxylic acid groups (broad SMARTS) is 1. The molecule has 0 aromatic rings. The highest BCUT2D eigenvalue weighted by atomic mass is 35.5. The molecule has 1 N–H and O–H groups in total. The van der Waals surface area contributed by atoms with Crippen molar-refractivity contribution in [1.82, 2.24) is 0 Å². The Balaban J connectivity index is 1.61. The molecular weight excluding hydrogens is 444 g/mol. The molecule has 34 heavy (non-hydrogen) atoms. The zero-order chi connectivity index (χ0) is 25.1. The minimum atomic E-state index is -0.620. The number of hydrogen-bond donors (Lipinski definition) is 1. The molecule has 0 spiro atoms. The minimum Gasteiger partial charge on any atom is -0.481 e. The summed E-state index contributed by atoms with van der Waals surface area (Å²) in [5, 5.41) is 11.2. The lowest BCUT2D eigenvalue weighted by atomic mass is 9.34. The summed E-state index contributed by atoms with van der Waals surface area (Å²) in [5.74, 6) is 0.924. The van der Waals surface area contributed by atoms with E-state index in [9.17, 15) is 14.7 Å². The van der Waals surface area contributed by atoms with Gasteiger partial charge in [0.15, 0.2) is 0 Å². The molecule has 4 saturated carbocycles. The summed E-state index contributed by atoms with van der Waals surface area (Å²) in [6.45, 7) is 16.4. The summed E-state index contributed by atoms with van der Waals surface area (Å²) in [4.78, 5) is 25.2. The first-order valence-electron chi connectivity index (χ1n) is 13.7. The Labute approximate surface area is 211 Å². The number of aliphatic carboxylic acids is 1. The van der Waals surface area contributed by atoms with Crippen LogP contribution in [0.25, 0.3) is 0 Å². The summed E-state index contributed by atoms with van der Waals surface area (Å²) in [5.41, 5.74) is 1.44. The quantitative estimate of drug-likeness (QED) is 0.408. The van der Waals surface area contributed by atoms with Gasteiger partial charge in [0.1, 0.15) is 5.78 Å².